The Balaban J connectivity index is 2.74. The topological polar surface area (TPSA) is 20.7 Å². The number of hydrogen-bond acceptors (Lipinski definition) is 1. The largest absolute Gasteiger partial charge is 0.335 e. The second-order valence-corrected chi connectivity index (χ2v) is 4.97. The van der Waals surface area contributed by atoms with E-state index in [1.807, 2.05) is 13.1 Å². The first-order valence-electron chi connectivity index (χ1n) is 4.42. The number of halogens is 3. The van der Waals surface area contributed by atoms with Crippen molar-refractivity contribution in [1.29, 1.82) is 0 Å². The number of nitrogens with zero attached hydrogens (tertiary/aromatic N) is 1. The van der Waals surface area contributed by atoms with Gasteiger partial charge in [-0.05, 0) is 31.3 Å². The van der Waals surface area contributed by atoms with Gasteiger partial charge in [-0.2, -0.15) is 0 Å². The number of benzene rings is 1. The van der Waals surface area contributed by atoms with Crippen molar-refractivity contribution in [2.45, 2.75) is 6.92 Å². The summed E-state index contributed by atoms with van der Waals surface area (Å²) < 4.78 is 2.27. The van der Waals surface area contributed by atoms with Crippen LogP contribution in [0, 0.1) is 11.7 Å². The summed E-state index contributed by atoms with van der Waals surface area (Å²) in [6, 6.07) is 3.27. The molecule has 0 fully saturated rings. The van der Waals surface area contributed by atoms with Gasteiger partial charge in [0.25, 0.3) is 0 Å². The van der Waals surface area contributed by atoms with Crippen LogP contribution >= 0.6 is 47.0 Å². The molecule has 0 saturated heterocycles. The first-order valence-corrected chi connectivity index (χ1v) is 5.96. The van der Waals surface area contributed by atoms with Gasteiger partial charge in [-0.15, -0.1) is 0 Å². The van der Waals surface area contributed by atoms with Gasteiger partial charge in [0.15, 0.2) is 4.77 Å². The normalized spacial score (nSPS) is 10.8. The van der Waals surface area contributed by atoms with Crippen LogP contribution in [0.25, 0.3) is 5.69 Å². The van der Waals surface area contributed by atoms with Crippen LogP contribution in [0.5, 0.6) is 0 Å². The monoisotopic (exact) mass is 292 g/mol. The van der Waals surface area contributed by atoms with Crippen LogP contribution < -0.4 is 0 Å². The lowest BCUT2D eigenvalue weighted by Gasteiger charge is -2.08. The average Bonchev–Trinajstić information content (AvgIpc) is 2.43. The van der Waals surface area contributed by atoms with Crippen molar-refractivity contribution in [1.82, 2.24) is 9.55 Å². The molecule has 1 aromatic heterocycles. The number of aromatic nitrogens is 2. The third-order valence-corrected chi connectivity index (χ3v) is 3.16. The summed E-state index contributed by atoms with van der Waals surface area (Å²) in [6.45, 7) is 1.91. The Hall–Kier alpha value is -0.480. The summed E-state index contributed by atoms with van der Waals surface area (Å²) in [6.07, 6.45) is 1.84. The lowest BCUT2D eigenvalue weighted by molar-refractivity contribution is 1.03. The van der Waals surface area contributed by atoms with Crippen LogP contribution in [0.4, 0.5) is 0 Å². The highest BCUT2D eigenvalue weighted by atomic mass is 35.5. The molecule has 6 heteroatoms. The Morgan fingerprint density at radius 1 is 1.19 bits per heavy atom. The van der Waals surface area contributed by atoms with E-state index < -0.39 is 0 Å². The second kappa shape index (κ2) is 4.41. The average molecular weight is 294 g/mol. The molecule has 0 unspecified atom stereocenters. The van der Waals surface area contributed by atoms with Gasteiger partial charge in [-0.3, -0.25) is 4.57 Å². The highest BCUT2D eigenvalue weighted by Crippen LogP contribution is 2.32. The van der Waals surface area contributed by atoms with Gasteiger partial charge >= 0.3 is 0 Å². The summed E-state index contributed by atoms with van der Waals surface area (Å²) in [5.41, 5.74) is 1.58. The molecule has 0 spiro atoms. The van der Waals surface area contributed by atoms with E-state index in [-0.39, 0.29) is 0 Å². The molecule has 0 aliphatic rings. The molecule has 2 aromatic rings. The minimum atomic E-state index is 0.465. The molecule has 2 rings (SSSR count). The summed E-state index contributed by atoms with van der Waals surface area (Å²) in [5, 5.41) is 1.43. The molecule has 0 bridgehead atoms. The van der Waals surface area contributed by atoms with Crippen LogP contribution in [0.15, 0.2) is 18.3 Å². The number of hydrogen-bond donors (Lipinski definition) is 1. The zero-order valence-corrected chi connectivity index (χ0v) is 11.3. The third kappa shape index (κ3) is 2.13. The van der Waals surface area contributed by atoms with Gasteiger partial charge in [-0.25, -0.2) is 0 Å². The maximum absolute atomic E-state index is 6.10. The third-order valence-electron chi connectivity index (χ3n) is 2.07. The zero-order valence-electron chi connectivity index (χ0n) is 8.22. The second-order valence-electron chi connectivity index (χ2n) is 3.33. The smallest absolute Gasteiger partial charge is 0.182 e. The zero-order chi connectivity index (χ0) is 11.9. The Labute approximate surface area is 113 Å². The van der Waals surface area contributed by atoms with Crippen LogP contribution in [0.2, 0.25) is 15.1 Å². The van der Waals surface area contributed by atoms with Crippen LogP contribution in [0.1, 0.15) is 5.69 Å². The summed E-state index contributed by atoms with van der Waals surface area (Å²) in [7, 11) is 0. The van der Waals surface area contributed by atoms with Crippen molar-refractivity contribution in [2.24, 2.45) is 0 Å². The van der Waals surface area contributed by atoms with Gasteiger partial charge in [-0.1, -0.05) is 34.8 Å². The molecule has 84 valence electrons. The number of rotatable bonds is 1. The maximum atomic E-state index is 6.10. The van der Waals surface area contributed by atoms with Gasteiger partial charge in [0.2, 0.25) is 0 Å². The Kier molecular flexibility index (Phi) is 3.31. The quantitative estimate of drug-likeness (QED) is 0.749. The van der Waals surface area contributed by atoms with E-state index in [0.717, 1.165) is 5.69 Å². The minimum absolute atomic E-state index is 0.465. The number of H-pyrrole nitrogens is 1. The molecule has 2 nitrogen and oxygen atoms in total. The fraction of sp³-hybridized carbons (Fsp3) is 0.100. The SMILES string of the molecule is Cc1cn(-c2c(Cl)cc(Cl)cc2Cl)c(=S)[nH]1. The number of imidazole rings is 1. The van der Waals surface area contributed by atoms with Crippen molar-refractivity contribution in [3.05, 3.63) is 43.9 Å². The van der Waals surface area contributed by atoms with Gasteiger partial charge in [0, 0.05) is 16.9 Å². The van der Waals surface area contributed by atoms with Gasteiger partial charge in [0.05, 0.1) is 15.7 Å². The minimum Gasteiger partial charge on any atom is -0.335 e. The number of aromatic amines is 1. The predicted octanol–water partition coefficient (Wildman–Crippen LogP) is 4.80. The van der Waals surface area contributed by atoms with Crippen molar-refractivity contribution in [2.75, 3.05) is 0 Å². The van der Waals surface area contributed by atoms with Crippen LogP contribution in [-0.2, 0) is 0 Å². The molecule has 0 aliphatic carbocycles. The van der Waals surface area contributed by atoms with Crippen molar-refractivity contribution >= 4 is 47.0 Å². The molecule has 0 atom stereocenters. The number of aryl methyl sites for hydroxylation is 1. The van der Waals surface area contributed by atoms with Crippen LogP contribution in [0.3, 0.4) is 0 Å². The molecule has 0 radical (unpaired) electrons. The van der Waals surface area contributed by atoms with E-state index in [0.29, 0.717) is 25.5 Å². The summed E-state index contributed by atoms with van der Waals surface area (Å²) in [4.78, 5) is 3.00. The molecule has 0 saturated carbocycles. The van der Waals surface area contributed by atoms with E-state index in [2.05, 4.69) is 4.98 Å². The first kappa shape index (κ1) is 12.0. The van der Waals surface area contributed by atoms with E-state index in [4.69, 9.17) is 47.0 Å². The van der Waals surface area contributed by atoms with E-state index in [1.165, 1.54) is 0 Å². The summed E-state index contributed by atoms with van der Waals surface area (Å²) >= 11 is 23.2. The Morgan fingerprint density at radius 2 is 1.75 bits per heavy atom. The lowest BCUT2D eigenvalue weighted by atomic mass is 10.3. The van der Waals surface area contributed by atoms with E-state index in [9.17, 15) is 0 Å². The fourth-order valence-electron chi connectivity index (χ4n) is 1.44. The molecular formula is C10H7Cl3N2S. The van der Waals surface area contributed by atoms with Crippen molar-refractivity contribution < 1.29 is 0 Å². The van der Waals surface area contributed by atoms with Gasteiger partial charge in [0.1, 0.15) is 0 Å². The van der Waals surface area contributed by atoms with Crippen molar-refractivity contribution in [3.8, 4) is 5.69 Å². The first-order chi connectivity index (χ1) is 7.49. The molecule has 0 amide bonds. The predicted molar refractivity (Wildman–Crippen MR) is 70.7 cm³/mol. The highest BCUT2D eigenvalue weighted by molar-refractivity contribution is 7.71. The fourth-order valence-corrected chi connectivity index (χ4v) is 2.75. The molecular weight excluding hydrogens is 287 g/mol. The summed E-state index contributed by atoms with van der Waals surface area (Å²) in [5.74, 6) is 0. The Bertz CT molecular complexity index is 577. The van der Waals surface area contributed by atoms with Crippen molar-refractivity contribution in [3.63, 3.8) is 0 Å². The van der Waals surface area contributed by atoms with E-state index in [1.54, 1.807) is 16.7 Å². The number of nitrogens with one attached hydrogen (secondary N) is 1. The molecule has 1 N–H and O–H groups in total. The molecule has 1 heterocycles. The highest BCUT2D eigenvalue weighted by Gasteiger charge is 2.11. The lowest BCUT2D eigenvalue weighted by Crippen LogP contribution is -1.94. The Morgan fingerprint density at radius 3 is 2.19 bits per heavy atom. The van der Waals surface area contributed by atoms with Gasteiger partial charge < -0.3 is 4.98 Å². The standard InChI is InChI=1S/C10H7Cl3N2S/c1-5-4-15(10(16)14-5)9-7(12)2-6(11)3-8(9)13/h2-4H,1H3,(H,14,16). The molecule has 16 heavy (non-hydrogen) atoms. The van der Waals surface area contributed by atoms with Crippen LogP contribution in [-0.4, -0.2) is 9.55 Å². The van der Waals surface area contributed by atoms with E-state index >= 15 is 0 Å². The maximum Gasteiger partial charge on any atom is 0.182 e. The molecule has 0 aliphatic heterocycles. The molecule has 1 aromatic carbocycles.